The zero-order valence-electron chi connectivity index (χ0n) is 33.9. The van der Waals surface area contributed by atoms with Crippen LogP contribution in [0.5, 0.6) is 0 Å². The zero-order chi connectivity index (χ0) is 41.4. The highest BCUT2D eigenvalue weighted by atomic mass is 16.3. The molecule has 0 aliphatic rings. The van der Waals surface area contributed by atoms with E-state index in [9.17, 15) is 0 Å². The van der Waals surface area contributed by atoms with E-state index in [1.165, 1.54) is 10.8 Å². The summed E-state index contributed by atoms with van der Waals surface area (Å²) in [6.07, 6.45) is 0. The summed E-state index contributed by atoms with van der Waals surface area (Å²) in [5, 5.41) is 6.80. The van der Waals surface area contributed by atoms with Gasteiger partial charge in [0.15, 0.2) is 23.1 Å². The Hall–Kier alpha value is -8.61. The lowest BCUT2D eigenvalue weighted by Gasteiger charge is -2.11. The molecule has 13 aromatic rings. The van der Waals surface area contributed by atoms with Crippen molar-refractivity contribution in [1.82, 2.24) is 24.1 Å². The van der Waals surface area contributed by atoms with E-state index in [2.05, 4.69) is 185 Å². The Balaban J connectivity index is 1.04. The Morgan fingerprint density at radius 3 is 1.51 bits per heavy atom. The van der Waals surface area contributed by atoms with Gasteiger partial charge in [0.2, 0.25) is 0 Å². The lowest BCUT2D eigenvalue weighted by Crippen LogP contribution is -2.00. The third-order valence-corrected chi connectivity index (χ3v) is 12.4. The van der Waals surface area contributed by atoms with E-state index in [-0.39, 0.29) is 0 Å². The first kappa shape index (κ1) is 35.2. The van der Waals surface area contributed by atoms with Crippen LogP contribution < -0.4 is 0 Å². The van der Waals surface area contributed by atoms with Gasteiger partial charge in [0.25, 0.3) is 0 Å². The third kappa shape index (κ3) is 5.55. The molecule has 13 rings (SSSR count). The average molecular weight is 806 g/mol. The fourth-order valence-corrected chi connectivity index (χ4v) is 9.51. The minimum Gasteiger partial charge on any atom is -0.454 e. The van der Waals surface area contributed by atoms with Crippen LogP contribution in [-0.2, 0) is 0 Å². The van der Waals surface area contributed by atoms with E-state index in [1.807, 2.05) is 36.4 Å². The summed E-state index contributed by atoms with van der Waals surface area (Å²) >= 11 is 0. The lowest BCUT2D eigenvalue weighted by atomic mass is 10.0. The first-order valence-electron chi connectivity index (χ1n) is 21.2. The second-order valence-electron chi connectivity index (χ2n) is 16.0. The van der Waals surface area contributed by atoms with Crippen LogP contribution in [0, 0.1) is 0 Å². The molecule has 0 amide bonds. The van der Waals surface area contributed by atoms with Gasteiger partial charge in [-0.1, -0.05) is 164 Å². The summed E-state index contributed by atoms with van der Waals surface area (Å²) in [6.45, 7) is 0. The van der Waals surface area contributed by atoms with Crippen LogP contribution in [0.4, 0.5) is 0 Å². The van der Waals surface area contributed by atoms with Gasteiger partial charge < -0.3 is 13.6 Å². The number of nitrogens with zero attached hydrogens (tertiary/aromatic N) is 5. The van der Waals surface area contributed by atoms with E-state index in [1.54, 1.807) is 0 Å². The Bertz CT molecular complexity index is 3830. The molecular formula is C57H35N5O. The van der Waals surface area contributed by atoms with Gasteiger partial charge in [-0.2, -0.15) is 0 Å². The molecule has 6 nitrogen and oxygen atoms in total. The number of hydrogen-bond acceptors (Lipinski definition) is 4. The number of benzene rings is 9. The molecule has 0 bridgehead atoms. The maximum atomic E-state index is 7.03. The van der Waals surface area contributed by atoms with Crippen LogP contribution in [0.2, 0.25) is 0 Å². The lowest BCUT2D eigenvalue weighted by molar-refractivity contribution is 0.671. The fraction of sp³-hybridized carbons (Fsp3) is 0. The minimum absolute atomic E-state index is 0.599. The van der Waals surface area contributed by atoms with Crippen LogP contribution in [0.25, 0.3) is 122 Å². The first-order valence-corrected chi connectivity index (χ1v) is 21.2. The monoisotopic (exact) mass is 805 g/mol. The zero-order valence-corrected chi connectivity index (χ0v) is 33.9. The Kier molecular flexibility index (Phi) is 7.80. The third-order valence-electron chi connectivity index (χ3n) is 12.4. The summed E-state index contributed by atoms with van der Waals surface area (Å²) in [6, 6.07) is 74.3. The summed E-state index contributed by atoms with van der Waals surface area (Å²) < 4.78 is 11.8. The smallest absolute Gasteiger partial charge is 0.164 e. The maximum absolute atomic E-state index is 7.03. The average Bonchev–Trinajstić information content (AvgIpc) is 4.02. The molecule has 0 radical (unpaired) electrons. The van der Waals surface area contributed by atoms with Crippen LogP contribution >= 0.6 is 0 Å². The van der Waals surface area contributed by atoms with E-state index in [0.717, 1.165) is 94.0 Å². The number of furan rings is 1. The van der Waals surface area contributed by atoms with Gasteiger partial charge in [0.05, 0.1) is 33.1 Å². The largest absolute Gasteiger partial charge is 0.454 e. The highest BCUT2D eigenvalue weighted by Crippen LogP contribution is 2.44. The standard InChI is InChI=1S/C57H35N5O/c1-4-15-36(16-5-1)37-27-29-39(30-28-37)56-58-55(38-17-6-2-7-18-38)59-57(60-56)40-31-32-44-45-33-34-46-52-49(62-47-23-12-10-21-42(47)43-22-11-13-24-48(43)62)25-14-26-51(52)63-54(46)53(45)61(50(44)35-40)41-19-8-3-9-20-41/h1-35H. The van der Waals surface area contributed by atoms with Crippen molar-refractivity contribution in [2.75, 3.05) is 0 Å². The van der Waals surface area contributed by atoms with Crippen molar-refractivity contribution in [2.24, 2.45) is 0 Å². The van der Waals surface area contributed by atoms with Crippen molar-refractivity contribution in [3.8, 4) is 56.7 Å². The number of fused-ring (bicyclic) bond motifs is 10. The molecule has 0 spiro atoms. The second kappa shape index (κ2) is 14.0. The molecule has 0 saturated carbocycles. The molecule has 0 fully saturated rings. The van der Waals surface area contributed by atoms with E-state index < -0.39 is 0 Å². The van der Waals surface area contributed by atoms with Gasteiger partial charge in [-0.25, -0.2) is 15.0 Å². The number of hydrogen-bond donors (Lipinski definition) is 0. The molecular weight excluding hydrogens is 771 g/mol. The summed E-state index contributed by atoms with van der Waals surface area (Å²) in [5.74, 6) is 1.84. The summed E-state index contributed by atoms with van der Waals surface area (Å²) in [5.41, 5.74) is 13.2. The van der Waals surface area contributed by atoms with Crippen LogP contribution in [-0.4, -0.2) is 24.1 Å². The molecule has 294 valence electrons. The number of aromatic nitrogens is 5. The highest BCUT2D eigenvalue weighted by Gasteiger charge is 2.23. The molecule has 0 unspecified atom stereocenters. The molecule has 4 aromatic heterocycles. The first-order chi connectivity index (χ1) is 31.2. The van der Waals surface area contributed by atoms with Crippen molar-refractivity contribution < 1.29 is 4.42 Å². The van der Waals surface area contributed by atoms with Gasteiger partial charge in [0, 0.05) is 49.3 Å². The van der Waals surface area contributed by atoms with Crippen molar-refractivity contribution >= 4 is 65.6 Å². The summed E-state index contributed by atoms with van der Waals surface area (Å²) in [4.78, 5) is 15.3. The van der Waals surface area contributed by atoms with Gasteiger partial charge in [-0.15, -0.1) is 0 Å². The van der Waals surface area contributed by atoms with Crippen molar-refractivity contribution in [2.45, 2.75) is 0 Å². The molecule has 0 saturated heterocycles. The van der Waals surface area contributed by atoms with Crippen molar-refractivity contribution in [1.29, 1.82) is 0 Å². The van der Waals surface area contributed by atoms with E-state index in [4.69, 9.17) is 19.4 Å². The van der Waals surface area contributed by atoms with Crippen molar-refractivity contribution in [3.05, 3.63) is 212 Å². The van der Waals surface area contributed by atoms with Crippen molar-refractivity contribution in [3.63, 3.8) is 0 Å². The molecule has 0 aliphatic heterocycles. The molecule has 9 aromatic carbocycles. The predicted octanol–water partition coefficient (Wildman–Crippen LogP) is 14.6. The minimum atomic E-state index is 0.599. The van der Waals surface area contributed by atoms with E-state index in [0.29, 0.717) is 17.5 Å². The Morgan fingerprint density at radius 2 is 0.825 bits per heavy atom. The predicted molar refractivity (Wildman–Crippen MR) is 258 cm³/mol. The van der Waals surface area contributed by atoms with Crippen LogP contribution in [0.3, 0.4) is 0 Å². The Labute approximate surface area is 361 Å². The quantitative estimate of drug-likeness (QED) is 0.168. The van der Waals surface area contributed by atoms with Gasteiger partial charge >= 0.3 is 0 Å². The fourth-order valence-electron chi connectivity index (χ4n) is 9.51. The van der Waals surface area contributed by atoms with Gasteiger partial charge in [-0.05, 0) is 59.7 Å². The maximum Gasteiger partial charge on any atom is 0.164 e. The normalized spacial score (nSPS) is 11.8. The number of para-hydroxylation sites is 3. The molecule has 0 atom stereocenters. The Morgan fingerprint density at radius 1 is 0.333 bits per heavy atom. The SMILES string of the molecule is c1ccc(-c2ccc(-c3nc(-c4ccccc4)nc(-c4ccc5c6ccc7c(oc8cccc(-n9c%10ccccc%10c%10ccccc%109)c87)c6n(-c6ccccc6)c5c4)n3)cc2)cc1. The van der Waals surface area contributed by atoms with E-state index >= 15 is 0 Å². The van der Waals surface area contributed by atoms with Crippen LogP contribution in [0.15, 0.2) is 217 Å². The number of rotatable bonds is 6. The highest BCUT2D eigenvalue weighted by molar-refractivity contribution is 6.23. The second-order valence-corrected chi connectivity index (χ2v) is 16.0. The van der Waals surface area contributed by atoms with Crippen LogP contribution in [0.1, 0.15) is 0 Å². The topological polar surface area (TPSA) is 61.7 Å². The molecule has 4 heterocycles. The van der Waals surface area contributed by atoms with Gasteiger partial charge in [-0.3, -0.25) is 0 Å². The molecule has 0 aliphatic carbocycles. The molecule has 63 heavy (non-hydrogen) atoms. The molecule has 0 N–H and O–H groups in total. The summed E-state index contributed by atoms with van der Waals surface area (Å²) in [7, 11) is 0. The van der Waals surface area contributed by atoms with Gasteiger partial charge in [0.1, 0.15) is 5.58 Å². The molecule has 6 heteroatoms.